The molecule has 0 atom stereocenters. The van der Waals surface area contributed by atoms with Crippen molar-refractivity contribution >= 4 is 0 Å². The van der Waals surface area contributed by atoms with Crippen molar-refractivity contribution in [3.63, 3.8) is 0 Å². The fourth-order valence-electron chi connectivity index (χ4n) is 2.22. The molecule has 0 bridgehead atoms. The number of ether oxygens (including phenoxy) is 1. The van der Waals surface area contributed by atoms with Crippen molar-refractivity contribution in [1.82, 2.24) is 5.32 Å². The van der Waals surface area contributed by atoms with Crippen LogP contribution in [0, 0.1) is 5.41 Å². The van der Waals surface area contributed by atoms with Gasteiger partial charge in [-0.1, -0.05) is 13.3 Å². The molecule has 0 aromatic rings. The molecule has 96 valence electrons. The van der Waals surface area contributed by atoms with Gasteiger partial charge in [0.2, 0.25) is 0 Å². The highest BCUT2D eigenvalue weighted by molar-refractivity contribution is 4.91. The number of nitrogens with one attached hydrogen (secondary N) is 1. The van der Waals surface area contributed by atoms with Crippen LogP contribution in [0.5, 0.6) is 0 Å². The Kier molecular flexibility index (Phi) is 5.05. The average molecular weight is 239 g/mol. The van der Waals surface area contributed by atoms with Crippen molar-refractivity contribution in [2.75, 3.05) is 26.3 Å². The zero-order valence-electron chi connectivity index (χ0n) is 9.70. The maximum Gasteiger partial charge on any atom is 0.411 e. The topological polar surface area (TPSA) is 21.3 Å². The minimum Gasteiger partial charge on any atom is -0.372 e. The summed E-state index contributed by atoms with van der Waals surface area (Å²) in [6.45, 7) is 3.23. The monoisotopic (exact) mass is 239 g/mol. The van der Waals surface area contributed by atoms with Crippen LogP contribution in [-0.2, 0) is 4.74 Å². The van der Waals surface area contributed by atoms with Crippen molar-refractivity contribution in [3.8, 4) is 0 Å². The largest absolute Gasteiger partial charge is 0.411 e. The highest BCUT2D eigenvalue weighted by Crippen LogP contribution is 2.33. The zero-order chi connectivity index (χ0) is 12.1. The molecule has 1 fully saturated rings. The summed E-state index contributed by atoms with van der Waals surface area (Å²) in [5, 5.41) is 3.23. The van der Waals surface area contributed by atoms with Crippen molar-refractivity contribution in [1.29, 1.82) is 0 Å². The highest BCUT2D eigenvalue weighted by Gasteiger charge is 2.35. The van der Waals surface area contributed by atoms with Crippen LogP contribution in [0.3, 0.4) is 0 Å². The Bertz CT molecular complexity index is 202. The Balaban J connectivity index is 2.06. The first-order valence-electron chi connectivity index (χ1n) is 5.83. The van der Waals surface area contributed by atoms with Gasteiger partial charge in [-0.25, -0.2) is 0 Å². The number of alkyl halides is 3. The minimum atomic E-state index is -4.20. The second-order valence-corrected chi connectivity index (χ2v) is 4.62. The maximum atomic E-state index is 11.8. The third-order valence-corrected chi connectivity index (χ3v) is 3.04. The first-order chi connectivity index (χ1) is 7.47. The molecule has 0 spiro atoms. The predicted molar refractivity (Wildman–Crippen MR) is 56.3 cm³/mol. The number of hydrogen-bond donors (Lipinski definition) is 1. The van der Waals surface area contributed by atoms with E-state index in [0.29, 0.717) is 5.41 Å². The molecule has 1 rings (SSSR count). The second-order valence-electron chi connectivity index (χ2n) is 4.62. The summed E-state index contributed by atoms with van der Waals surface area (Å²) in [5.41, 5.74) is 0.330. The van der Waals surface area contributed by atoms with E-state index in [1.54, 1.807) is 0 Å². The van der Waals surface area contributed by atoms with Crippen molar-refractivity contribution in [2.45, 2.75) is 38.8 Å². The molecule has 1 N–H and O–H groups in total. The standard InChI is InChI=1S/C11H20F3NO/c1-2-4-10(7-15-8-10)5-3-6-16-9-11(12,13)14/h15H,2-9H2,1H3. The first kappa shape index (κ1) is 13.8. The molecule has 1 aliphatic heterocycles. The van der Waals surface area contributed by atoms with Gasteiger partial charge in [0.05, 0.1) is 0 Å². The van der Waals surface area contributed by atoms with Crippen LogP contribution in [0.15, 0.2) is 0 Å². The maximum absolute atomic E-state index is 11.8. The normalized spacial score (nSPS) is 19.5. The fraction of sp³-hybridized carbons (Fsp3) is 1.00. The molecular weight excluding hydrogens is 219 g/mol. The number of rotatable bonds is 7. The van der Waals surface area contributed by atoms with Crippen LogP contribution in [0.4, 0.5) is 13.2 Å². The Labute approximate surface area is 94.5 Å². The highest BCUT2D eigenvalue weighted by atomic mass is 19.4. The van der Waals surface area contributed by atoms with Crippen LogP contribution in [0.25, 0.3) is 0 Å². The molecule has 0 unspecified atom stereocenters. The summed E-state index contributed by atoms with van der Waals surface area (Å²) in [6, 6.07) is 0. The van der Waals surface area contributed by atoms with Gasteiger partial charge in [0, 0.05) is 19.7 Å². The van der Waals surface area contributed by atoms with Gasteiger partial charge in [-0.15, -0.1) is 0 Å². The van der Waals surface area contributed by atoms with Gasteiger partial charge in [-0.3, -0.25) is 0 Å². The molecule has 0 radical (unpaired) electrons. The van der Waals surface area contributed by atoms with E-state index in [2.05, 4.69) is 17.0 Å². The minimum absolute atomic E-state index is 0.213. The Morgan fingerprint density at radius 1 is 1.25 bits per heavy atom. The molecule has 1 saturated heterocycles. The third kappa shape index (κ3) is 4.70. The smallest absolute Gasteiger partial charge is 0.372 e. The Morgan fingerprint density at radius 3 is 2.38 bits per heavy atom. The van der Waals surface area contributed by atoms with Gasteiger partial charge in [-0.05, 0) is 24.7 Å². The lowest BCUT2D eigenvalue weighted by atomic mass is 9.74. The fourth-order valence-corrected chi connectivity index (χ4v) is 2.22. The molecule has 0 aromatic heterocycles. The molecule has 1 aliphatic rings. The van der Waals surface area contributed by atoms with Crippen molar-refractivity contribution in [2.24, 2.45) is 5.41 Å². The molecule has 0 saturated carbocycles. The number of hydrogen-bond acceptors (Lipinski definition) is 2. The van der Waals surface area contributed by atoms with Crippen LogP contribution >= 0.6 is 0 Å². The van der Waals surface area contributed by atoms with Crippen molar-refractivity contribution in [3.05, 3.63) is 0 Å². The Hall–Kier alpha value is -0.290. The molecule has 1 heterocycles. The molecular formula is C11H20F3NO. The summed E-state index contributed by atoms with van der Waals surface area (Å²) in [5.74, 6) is 0. The van der Waals surface area contributed by atoms with Crippen molar-refractivity contribution < 1.29 is 17.9 Å². The van der Waals surface area contributed by atoms with E-state index in [0.717, 1.165) is 38.8 Å². The van der Waals surface area contributed by atoms with Gasteiger partial charge in [0.15, 0.2) is 0 Å². The quantitative estimate of drug-likeness (QED) is 0.690. The van der Waals surface area contributed by atoms with Gasteiger partial charge >= 0.3 is 6.18 Å². The summed E-state index contributed by atoms with van der Waals surface area (Å²) in [6.07, 6.45) is -0.229. The van der Waals surface area contributed by atoms with Crippen LogP contribution in [0.1, 0.15) is 32.6 Å². The van der Waals surface area contributed by atoms with Crippen LogP contribution < -0.4 is 5.32 Å². The summed E-state index contributed by atoms with van der Waals surface area (Å²) in [7, 11) is 0. The van der Waals surface area contributed by atoms with E-state index in [-0.39, 0.29) is 6.61 Å². The van der Waals surface area contributed by atoms with E-state index in [1.807, 2.05) is 0 Å². The van der Waals surface area contributed by atoms with Crippen LogP contribution in [0.2, 0.25) is 0 Å². The van der Waals surface area contributed by atoms with E-state index < -0.39 is 12.8 Å². The summed E-state index contributed by atoms with van der Waals surface area (Å²) >= 11 is 0. The second kappa shape index (κ2) is 5.87. The molecule has 2 nitrogen and oxygen atoms in total. The molecule has 0 aliphatic carbocycles. The Morgan fingerprint density at radius 2 is 1.94 bits per heavy atom. The lowest BCUT2D eigenvalue weighted by Gasteiger charge is -2.43. The van der Waals surface area contributed by atoms with Gasteiger partial charge in [0.25, 0.3) is 0 Å². The predicted octanol–water partition coefficient (Wildman–Crippen LogP) is 2.74. The van der Waals surface area contributed by atoms with E-state index in [4.69, 9.17) is 0 Å². The van der Waals surface area contributed by atoms with Gasteiger partial charge < -0.3 is 10.1 Å². The SMILES string of the molecule is CCCC1(CCCOCC(F)(F)F)CNC1. The summed E-state index contributed by atoms with van der Waals surface area (Å²) in [4.78, 5) is 0. The lowest BCUT2D eigenvalue weighted by Crippen LogP contribution is -2.53. The van der Waals surface area contributed by atoms with E-state index >= 15 is 0 Å². The van der Waals surface area contributed by atoms with Gasteiger partial charge in [0.1, 0.15) is 6.61 Å². The van der Waals surface area contributed by atoms with Gasteiger partial charge in [-0.2, -0.15) is 13.2 Å². The lowest BCUT2D eigenvalue weighted by molar-refractivity contribution is -0.174. The summed E-state index contributed by atoms with van der Waals surface area (Å²) < 4.78 is 39.9. The average Bonchev–Trinajstić information content (AvgIpc) is 2.11. The molecule has 16 heavy (non-hydrogen) atoms. The van der Waals surface area contributed by atoms with E-state index in [1.165, 1.54) is 0 Å². The number of halogens is 3. The zero-order valence-corrected chi connectivity index (χ0v) is 9.70. The van der Waals surface area contributed by atoms with Crippen LogP contribution in [-0.4, -0.2) is 32.5 Å². The third-order valence-electron chi connectivity index (χ3n) is 3.04. The van der Waals surface area contributed by atoms with E-state index in [9.17, 15) is 13.2 Å². The molecule has 5 heteroatoms. The molecule has 0 amide bonds. The first-order valence-corrected chi connectivity index (χ1v) is 5.83. The molecule has 0 aromatic carbocycles.